The van der Waals surface area contributed by atoms with E-state index in [0.717, 1.165) is 6.07 Å². The minimum Gasteiger partial charge on any atom is -0.393 e. The lowest BCUT2D eigenvalue weighted by molar-refractivity contribution is 0.160. The van der Waals surface area contributed by atoms with Crippen molar-refractivity contribution in [1.82, 2.24) is 5.32 Å². The molecule has 0 aliphatic heterocycles. The standard InChI is InChI=1S/C12H16ClFN2O2/c1-2-9(17)5-6-15-12(18)16-11-4-3-8(14)7-10(11)13/h3-4,7,9,17H,2,5-6H2,1H3,(H2,15,16,18). The van der Waals surface area contributed by atoms with Gasteiger partial charge in [-0.25, -0.2) is 9.18 Å². The Kier molecular flexibility index (Phi) is 5.88. The molecule has 0 saturated carbocycles. The quantitative estimate of drug-likeness (QED) is 0.773. The fourth-order valence-electron chi connectivity index (χ4n) is 1.31. The van der Waals surface area contributed by atoms with Crippen molar-refractivity contribution in [2.45, 2.75) is 25.9 Å². The number of carbonyl (C=O) groups is 1. The van der Waals surface area contributed by atoms with E-state index in [9.17, 15) is 14.3 Å². The number of aliphatic hydroxyl groups is 1. The van der Waals surface area contributed by atoms with Gasteiger partial charge in [0.1, 0.15) is 5.82 Å². The zero-order valence-electron chi connectivity index (χ0n) is 10.0. The van der Waals surface area contributed by atoms with Gasteiger partial charge in [-0.2, -0.15) is 0 Å². The number of halogens is 2. The topological polar surface area (TPSA) is 61.4 Å². The molecule has 0 aliphatic carbocycles. The van der Waals surface area contributed by atoms with Crippen molar-refractivity contribution >= 4 is 23.3 Å². The highest BCUT2D eigenvalue weighted by Crippen LogP contribution is 2.22. The number of carbonyl (C=O) groups excluding carboxylic acids is 1. The monoisotopic (exact) mass is 274 g/mol. The molecule has 1 rings (SSSR count). The minimum atomic E-state index is -0.461. The van der Waals surface area contributed by atoms with Crippen LogP contribution >= 0.6 is 11.6 Å². The van der Waals surface area contributed by atoms with Gasteiger partial charge in [0.05, 0.1) is 16.8 Å². The molecule has 0 spiro atoms. The molecule has 0 radical (unpaired) electrons. The van der Waals surface area contributed by atoms with Crippen molar-refractivity contribution in [2.75, 3.05) is 11.9 Å². The van der Waals surface area contributed by atoms with Crippen molar-refractivity contribution in [3.8, 4) is 0 Å². The van der Waals surface area contributed by atoms with Gasteiger partial charge in [-0.3, -0.25) is 0 Å². The van der Waals surface area contributed by atoms with Crippen LogP contribution in [0.25, 0.3) is 0 Å². The molecule has 0 saturated heterocycles. The van der Waals surface area contributed by atoms with Crippen molar-refractivity contribution in [3.05, 3.63) is 29.0 Å². The van der Waals surface area contributed by atoms with Gasteiger partial charge < -0.3 is 15.7 Å². The molecule has 18 heavy (non-hydrogen) atoms. The summed E-state index contributed by atoms with van der Waals surface area (Å²) in [4.78, 5) is 11.5. The highest BCUT2D eigenvalue weighted by atomic mass is 35.5. The molecule has 0 fully saturated rings. The minimum absolute atomic E-state index is 0.138. The van der Waals surface area contributed by atoms with E-state index in [1.54, 1.807) is 0 Å². The first-order chi connectivity index (χ1) is 8.52. The first-order valence-electron chi connectivity index (χ1n) is 5.71. The molecule has 0 heterocycles. The van der Waals surface area contributed by atoms with Gasteiger partial charge in [-0.1, -0.05) is 18.5 Å². The molecule has 0 bridgehead atoms. The number of hydrogen-bond donors (Lipinski definition) is 3. The van der Waals surface area contributed by atoms with E-state index in [1.165, 1.54) is 12.1 Å². The van der Waals surface area contributed by atoms with Gasteiger partial charge in [-0.05, 0) is 31.0 Å². The zero-order valence-corrected chi connectivity index (χ0v) is 10.8. The predicted molar refractivity (Wildman–Crippen MR) is 69.3 cm³/mol. The maximum atomic E-state index is 12.8. The molecule has 1 atom stereocenters. The highest BCUT2D eigenvalue weighted by molar-refractivity contribution is 6.33. The van der Waals surface area contributed by atoms with Crippen LogP contribution in [0.5, 0.6) is 0 Å². The summed E-state index contributed by atoms with van der Waals surface area (Å²) in [6, 6.07) is 3.28. The Labute approximate surface area is 110 Å². The smallest absolute Gasteiger partial charge is 0.319 e. The Hall–Kier alpha value is -1.33. The van der Waals surface area contributed by atoms with Crippen LogP contribution in [0.1, 0.15) is 19.8 Å². The third kappa shape index (κ3) is 4.89. The highest BCUT2D eigenvalue weighted by Gasteiger charge is 2.07. The first kappa shape index (κ1) is 14.7. The van der Waals surface area contributed by atoms with Crippen LogP contribution in [-0.4, -0.2) is 23.8 Å². The van der Waals surface area contributed by atoms with E-state index in [2.05, 4.69) is 10.6 Å². The van der Waals surface area contributed by atoms with E-state index in [1.807, 2.05) is 6.92 Å². The maximum Gasteiger partial charge on any atom is 0.319 e. The SMILES string of the molecule is CCC(O)CCNC(=O)Nc1ccc(F)cc1Cl. The normalized spacial score (nSPS) is 12.0. The molecule has 1 unspecified atom stereocenters. The summed E-state index contributed by atoms with van der Waals surface area (Å²) in [6.45, 7) is 2.22. The molecule has 4 nitrogen and oxygen atoms in total. The summed E-state index contributed by atoms with van der Waals surface area (Å²) < 4.78 is 12.8. The fourth-order valence-corrected chi connectivity index (χ4v) is 1.53. The number of nitrogens with one attached hydrogen (secondary N) is 2. The van der Waals surface area contributed by atoms with Gasteiger partial charge in [-0.15, -0.1) is 0 Å². The lowest BCUT2D eigenvalue weighted by atomic mass is 10.2. The van der Waals surface area contributed by atoms with E-state index >= 15 is 0 Å². The molecule has 1 aromatic carbocycles. The van der Waals surface area contributed by atoms with Crippen molar-refractivity contribution in [1.29, 1.82) is 0 Å². The number of anilines is 1. The summed E-state index contributed by atoms with van der Waals surface area (Å²) in [5.41, 5.74) is 0.339. The van der Waals surface area contributed by atoms with Crippen LogP contribution in [0.4, 0.5) is 14.9 Å². The molecular formula is C12H16ClFN2O2. The molecule has 2 amide bonds. The Morgan fingerprint density at radius 1 is 1.56 bits per heavy atom. The lowest BCUT2D eigenvalue weighted by Gasteiger charge is -2.10. The van der Waals surface area contributed by atoms with Crippen molar-refractivity contribution in [2.24, 2.45) is 0 Å². The van der Waals surface area contributed by atoms with E-state index in [0.29, 0.717) is 25.1 Å². The number of benzene rings is 1. The van der Waals surface area contributed by atoms with Gasteiger partial charge in [0.25, 0.3) is 0 Å². The summed E-state index contributed by atoms with van der Waals surface area (Å²) in [5, 5.41) is 14.5. The van der Waals surface area contributed by atoms with Crippen LogP contribution in [-0.2, 0) is 0 Å². The van der Waals surface area contributed by atoms with Gasteiger partial charge in [0, 0.05) is 6.54 Å². The van der Waals surface area contributed by atoms with Gasteiger partial charge >= 0.3 is 6.03 Å². The number of amides is 2. The average molecular weight is 275 g/mol. The molecule has 3 N–H and O–H groups in total. The van der Waals surface area contributed by atoms with Gasteiger partial charge in [0.15, 0.2) is 0 Å². The van der Waals surface area contributed by atoms with Crippen LogP contribution in [0, 0.1) is 5.82 Å². The third-order valence-corrected chi connectivity index (χ3v) is 2.73. The largest absolute Gasteiger partial charge is 0.393 e. The average Bonchev–Trinajstić information content (AvgIpc) is 2.32. The van der Waals surface area contributed by atoms with Crippen LogP contribution in [0.3, 0.4) is 0 Å². The zero-order chi connectivity index (χ0) is 13.5. The number of rotatable bonds is 5. The van der Waals surface area contributed by atoms with Crippen LogP contribution in [0.15, 0.2) is 18.2 Å². The fraction of sp³-hybridized carbons (Fsp3) is 0.417. The van der Waals surface area contributed by atoms with Crippen LogP contribution in [0.2, 0.25) is 5.02 Å². The second-order valence-electron chi connectivity index (χ2n) is 3.86. The third-order valence-electron chi connectivity index (χ3n) is 2.41. The van der Waals surface area contributed by atoms with E-state index in [4.69, 9.17) is 11.6 Å². The van der Waals surface area contributed by atoms with Crippen molar-refractivity contribution in [3.63, 3.8) is 0 Å². The summed E-state index contributed by atoms with van der Waals surface area (Å²) in [5.74, 6) is -0.461. The molecule has 0 aromatic heterocycles. The number of urea groups is 1. The van der Waals surface area contributed by atoms with E-state index in [-0.39, 0.29) is 5.02 Å². The summed E-state index contributed by atoms with van der Waals surface area (Å²) >= 11 is 5.76. The number of hydrogen-bond acceptors (Lipinski definition) is 2. The van der Waals surface area contributed by atoms with Crippen LogP contribution < -0.4 is 10.6 Å². The Morgan fingerprint density at radius 2 is 2.28 bits per heavy atom. The Morgan fingerprint density at radius 3 is 2.89 bits per heavy atom. The molecule has 0 aliphatic rings. The summed E-state index contributed by atoms with van der Waals surface area (Å²) in [7, 11) is 0. The first-order valence-corrected chi connectivity index (χ1v) is 6.08. The Bertz CT molecular complexity index is 415. The second-order valence-corrected chi connectivity index (χ2v) is 4.26. The molecule has 100 valence electrons. The molecular weight excluding hydrogens is 259 g/mol. The molecule has 6 heteroatoms. The van der Waals surface area contributed by atoms with Crippen molar-refractivity contribution < 1.29 is 14.3 Å². The maximum absolute atomic E-state index is 12.8. The lowest BCUT2D eigenvalue weighted by Crippen LogP contribution is -2.31. The summed E-state index contributed by atoms with van der Waals surface area (Å²) in [6.07, 6.45) is 0.716. The Balaban J connectivity index is 2.40. The van der Waals surface area contributed by atoms with E-state index < -0.39 is 18.0 Å². The molecule has 1 aromatic rings. The number of aliphatic hydroxyl groups excluding tert-OH is 1. The predicted octanol–water partition coefficient (Wildman–Crippen LogP) is 2.76. The second kappa shape index (κ2) is 7.18. The van der Waals surface area contributed by atoms with Gasteiger partial charge in [0.2, 0.25) is 0 Å².